The number of anilines is 3. The molecule has 1 aliphatic rings. The molecule has 12 heteroatoms. The molecule has 0 radical (unpaired) electrons. The van der Waals surface area contributed by atoms with Crippen LogP contribution in [0.1, 0.15) is 25.1 Å². The van der Waals surface area contributed by atoms with Gasteiger partial charge in [0.2, 0.25) is 0 Å². The van der Waals surface area contributed by atoms with Crippen LogP contribution in [-0.4, -0.2) is 60.5 Å². The number of nitrogens with one attached hydrogen (secondary N) is 1. The van der Waals surface area contributed by atoms with Crippen molar-refractivity contribution < 1.29 is 17.9 Å². The molecule has 0 amide bonds. The number of ether oxygens (including phenoxy) is 1. The first kappa shape index (κ1) is 26.9. The van der Waals surface area contributed by atoms with Gasteiger partial charge in [0.05, 0.1) is 23.4 Å². The maximum atomic E-state index is 14.1. The Hall–Kier alpha value is -3.12. The molecule has 1 aliphatic heterocycles. The number of thiazole rings is 1. The summed E-state index contributed by atoms with van der Waals surface area (Å²) < 4.78 is 49.4. The molecule has 0 aliphatic carbocycles. The van der Waals surface area contributed by atoms with Crippen molar-refractivity contribution in [1.82, 2.24) is 14.5 Å². The van der Waals surface area contributed by atoms with E-state index < -0.39 is 17.3 Å². The van der Waals surface area contributed by atoms with Gasteiger partial charge in [-0.05, 0) is 39.0 Å². The Kier molecular flexibility index (Phi) is 7.79. The van der Waals surface area contributed by atoms with E-state index in [1.165, 1.54) is 22.0 Å². The average Bonchev–Trinajstić information content (AvgIpc) is 3.51. The molecule has 0 spiro atoms. The topological polar surface area (TPSA) is 75.5 Å². The summed E-state index contributed by atoms with van der Waals surface area (Å²) in [6, 6.07) is 3.84. The van der Waals surface area contributed by atoms with Crippen LogP contribution in [0.25, 0.3) is 11.4 Å². The van der Waals surface area contributed by atoms with Crippen molar-refractivity contribution in [2.45, 2.75) is 45.6 Å². The molecule has 2 aromatic heterocycles. The largest absolute Gasteiger partial charge is 0.417 e. The number of benzene rings is 1. The Morgan fingerprint density at radius 1 is 1.24 bits per heavy atom. The number of rotatable bonds is 8. The second-order valence-electron chi connectivity index (χ2n) is 9.03. The maximum absolute atomic E-state index is 14.1. The van der Waals surface area contributed by atoms with Gasteiger partial charge in [-0.15, -0.1) is 11.3 Å². The van der Waals surface area contributed by atoms with Crippen LogP contribution < -0.4 is 20.7 Å². The second kappa shape index (κ2) is 10.7. The lowest BCUT2D eigenvalue weighted by Gasteiger charge is -2.23. The summed E-state index contributed by atoms with van der Waals surface area (Å²) in [7, 11) is 3.35. The highest BCUT2D eigenvalue weighted by molar-refractivity contribution is 7.13. The number of alkyl halides is 3. The Labute approximate surface area is 217 Å². The SMILES string of the molecule is CCO[C@H]1CN(c2nccs2)CC1Nc1c(C)nc(-c2ccc(N(C)C)cc2C(F)(F)F)n(CC)c1=O. The third kappa shape index (κ3) is 5.45. The summed E-state index contributed by atoms with van der Waals surface area (Å²) in [4.78, 5) is 26.2. The molecule has 200 valence electrons. The van der Waals surface area contributed by atoms with E-state index in [4.69, 9.17) is 4.74 Å². The molecule has 3 aromatic rings. The zero-order valence-corrected chi connectivity index (χ0v) is 22.3. The summed E-state index contributed by atoms with van der Waals surface area (Å²) in [5.41, 5.74) is -0.381. The van der Waals surface area contributed by atoms with Gasteiger partial charge in [0, 0.05) is 63.2 Å². The van der Waals surface area contributed by atoms with E-state index in [1.807, 2.05) is 12.3 Å². The van der Waals surface area contributed by atoms with Crippen LogP contribution in [0.5, 0.6) is 0 Å². The van der Waals surface area contributed by atoms with Gasteiger partial charge in [0.15, 0.2) is 5.13 Å². The van der Waals surface area contributed by atoms with E-state index in [9.17, 15) is 18.0 Å². The van der Waals surface area contributed by atoms with Crippen LogP contribution in [-0.2, 0) is 17.5 Å². The molecule has 2 atom stereocenters. The molecule has 1 saturated heterocycles. The first-order valence-corrected chi connectivity index (χ1v) is 13.0. The van der Waals surface area contributed by atoms with Gasteiger partial charge in [0.1, 0.15) is 11.5 Å². The number of aryl methyl sites for hydroxylation is 1. The van der Waals surface area contributed by atoms with Gasteiger partial charge in [-0.1, -0.05) is 0 Å². The van der Waals surface area contributed by atoms with Crippen molar-refractivity contribution in [2.75, 3.05) is 48.9 Å². The lowest BCUT2D eigenvalue weighted by atomic mass is 10.0. The molecule has 0 saturated carbocycles. The Morgan fingerprint density at radius 2 is 2.00 bits per heavy atom. The molecule has 4 rings (SSSR count). The smallest absolute Gasteiger partial charge is 0.378 e. The Bertz CT molecular complexity index is 1290. The molecule has 3 heterocycles. The van der Waals surface area contributed by atoms with Crippen molar-refractivity contribution in [2.24, 2.45) is 0 Å². The highest BCUT2D eigenvalue weighted by Crippen LogP contribution is 2.38. The summed E-state index contributed by atoms with van der Waals surface area (Å²) in [5, 5.41) is 6.08. The van der Waals surface area contributed by atoms with Gasteiger partial charge in [-0.3, -0.25) is 9.36 Å². The predicted octanol–water partition coefficient (Wildman–Crippen LogP) is 4.49. The van der Waals surface area contributed by atoms with Crippen molar-refractivity contribution in [3.05, 3.63) is 51.4 Å². The third-order valence-electron chi connectivity index (χ3n) is 6.40. The highest BCUT2D eigenvalue weighted by Gasteiger charge is 2.37. The normalized spacial score (nSPS) is 17.9. The molecule has 8 nitrogen and oxygen atoms in total. The first-order chi connectivity index (χ1) is 17.5. The number of aromatic nitrogens is 3. The van der Waals surface area contributed by atoms with E-state index >= 15 is 0 Å². The molecule has 1 N–H and O–H groups in total. The maximum Gasteiger partial charge on any atom is 0.417 e. The van der Waals surface area contributed by atoms with Crippen LogP contribution in [0.4, 0.5) is 29.7 Å². The van der Waals surface area contributed by atoms with Gasteiger partial charge >= 0.3 is 6.18 Å². The number of nitrogens with zero attached hydrogens (tertiary/aromatic N) is 5. The summed E-state index contributed by atoms with van der Waals surface area (Å²) in [6.45, 7) is 7.11. The van der Waals surface area contributed by atoms with Crippen LogP contribution in [0.2, 0.25) is 0 Å². The van der Waals surface area contributed by atoms with Crippen LogP contribution in [0, 0.1) is 6.92 Å². The minimum absolute atomic E-state index is 0.00891. The number of hydrogen-bond donors (Lipinski definition) is 1. The molecular formula is C25H31F3N6O2S. The Morgan fingerprint density at radius 3 is 2.59 bits per heavy atom. The minimum atomic E-state index is -4.61. The molecule has 1 aromatic carbocycles. The van der Waals surface area contributed by atoms with Gasteiger partial charge < -0.3 is 19.9 Å². The molecule has 1 fully saturated rings. The molecule has 0 bridgehead atoms. The fourth-order valence-corrected chi connectivity index (χ4v) is 5.24. The van der Waals surface area contributed by atoms with Crippen molar-refractivity contribution >= 4 is 27.8 Å². The monoisotopic (exact) mass is 536 g/mol. The van der Waals surface area contributed by atoms with Gasteiger partial charge in [-0.25, -0.2) is 9.97 Å². The molecule has 37 heavy (non-hydrogen) atoms. The zero-order valence-electron chi connectivity index (χ0n) is 21.5. The Balaban J connectivity index is 1.74. The van der Waals surface area contributed by atoms with Crippen molar-refractivity contribution in [3.63, 3.8) is 0 Å². The van der Waals surface area contributed by atoms with E-state index in [0.29, 0.717) is 31.1 Å². The van der Waals surface area contributed by atoms with E-state index in [2.05, 4.69) is 20.2 Å². The van der Waals surface area contributed by atoms with Gasteiger partial charge in [0.25, 0.3) is 5.56 Å². The first-order valence-electron chi connectivity index (χ1n) is 12.1. The fourth-order valence-electron chi connectivity index (χ4n) is 4.58. The second-order valence-corrected chi connectivity index (χ2v) is 9.90. The number of halogens is 3. The average molecular weight is 537 g/mol. The summed E-state index contributed by atoms with van der Waals surface area (Å²) in [5.74, 6) is -0.00891. The lowest BCUT2D eigenvalue weighted by Crippen LogP contribution is -2.38. The lowest BCUT2D eigenvalue weighted by molar-refractivity contribution is -0.137. The molecular weight excluding hydrogens is 505 g/mol. The fraction of sp³-hybridized carbons (Fsp3) is 0.480. The van der Waals surface area contributed by atoms with Gasteiger partial charge in [-0.2, -0.15) is 13.2 Å². The number of hydrogen-bond acceptors (Lipinski definition) is 8. The standard InChI is InChI=1S/C25H31F3N6O2S/c1-6-34-22(17-9-8-16(32(4)5)12-18(17)25(26,27)28)30-15(3)21(23(34)35)31-19-13-33(14-20(19)36-7-2)24-29-10-11-37-24/h8-12,19-20,31H,6-7,13-14H2,1-5H3/t19?,20-/m0/s1. The molecule has 1 unspecified atom stereocenters. The van der Waals surface area contributed by atoms with Crippen LogP contribution in [0.15, 0.2) is 34.6 Å². The predicted molar refractivity (Wildman–Crippen MR) is 141 cm³/mol. The van der Waals surface area contributed by atoms with Crippen LogP contribution in [0.3, 0.4) is 0 Å². The van der Waals surface area contributed by atoms with E-state index in [1.54, 1.807) is 45.1 Å². The quantitative estimate of drug-likeness (QED) is 0.455. The van der Waals surface area contributed by atoms with E-state index in [-0.39, 0.29) is 35.8 Å². The highest BCUT2D eigenvalue weighted by atomic mass is 32.1. The third-order valence-corrected chi connectivity index (χ3v) is 7.23. The summed E-state index contributed by atoms with van der Waals surface area (Å²) >= 11 is 1.52. The van der Waals surface area contributed by atoms with Crippen LogP contribution >= 0.6 is 11.3 Å². The zero-order chi connectivity index (χ0) is 26.9. The van der Waals surface area contributed by atoms with Crippen molar-refractivity contribution in [1.29, 1.82) is 0 Å². The minimum Gasteiger partial charge on any atom is -0.378 e. The van der Waals surface area contributed by atoms with E-state index in [0.717, 1.165) is 11.2 Å². The summed E-state index contributed by atoms with van der Waals surface area (Å²) in [6.07, 6.45) is -3.07. The van der Waals surface area contributed by atoms with Crippen molar-refractivity contribution in [3.8, 4) is 11.4 Å².